The van der Waals surface area contributed by atoms with Gasteiger partial charge in [0.15, 0.2) is 0 Å². The van der Waals surface area contributed by atoms with Crippen molar-refractivity contribution in [2.75, 3.05) is 6.54 Å². The van der Waals surface area contributed by atoms with E-state index >= 15 is 0 Å². The zero-order chi connectivity index (χ0) is 14.1. The lowest BCUT2D eigenvalue weighted by Crippen LogP contribution is -2.32. The van der Waals surface area contributed by atoms with Gasteiger partial charge in [0, 0.05) is 6.54 Å². The maximum absolute atomic E-state index is 11.7. The van der Waals surface area contributed by atoms with E-state index < -0.39 is 6.10 Å². The highest BCUT2D eigenvalue weighted by molar-refractivity contribution is 5.78. The Balaban J connectivity index is 2.37. The average Bonchev–Trinajstić information content (AvgIpc) is 2.44. The predicted octanol–water partition coefficient (Wildman–Crippen LogP) is 2.46. The molecule has 0 heterocycles. The van der Waals surface area contributed by atoms with Gasteiger partial charge in [0.25, 0.3) is 0 Å². The van der Waals surface area contributed by atoms with Crippen LogP contribution in [0.5, 0.6) is 0 Å². The van der Waals surface area contributed by atoms with E-state index in [1.165, 1.54) is 18.4 Å². The van der Waals surface area contributed by atoms with Crippen molar-refractivity contribution < 1.29 is 9.90 Å². The third-order valence-corrected chi connectivity index (χ3v) is 3.21. The summed E-state index contributed by atoms with van der Waals surface area (Å²) in [7, 11) is 0. The Bertz CT molecular complexity index is 373. The summed E-state index contributed by atoms with van der Waals surface area (Å²) in [6.07, 6.45) is 4.10. The molecule has 3 nitrogen and oxygen atoms in total. The van der Waals surface area contributed by atoms with Gasteiger partial charge in [-0.05, 0) is 30.4 Å². The van der Waals surface area contributed by atoms with Gasteiger partial charge in [0.05, 0.1) is 12.5 Å². The van der Waals surface area contributed by atoms with Gasteiger partial charge in [-0.1, -0.05) is 44.5 Å². The van der Waals surface area contributed by atoms with Crippen LogP contribution in [0.1, 0.15) is 44.2 Å². The molecular weight excluding hydrogens is 238 g/mol. The maximum atomic E-state index is 11.7. The van der Waals surface area contributed by atoms with Crippen molar-refractivity contribution in [1.29, 1.82) is 0 Å². The highest BCUT2D eigenvalue weighted by atomic mass is 16.3. The number of carbonyl (C=O) groups excluding carboxylic acids is 1. The number of aliphatic hydroxyl groups is 1. The van der Waals surface area contributed by atoms with Crippen LogP contribution in [0.25, 0.3) is 0 Å². The summed E-state index contributed by atoms with van der Waals surface area (Å²) in [5, 5.41) is 12.1. The summed E-state index contributed by atoms with van der Waals surface area (Å²) in [5.41, 5.74) is 2.34. The molecule has 2 N–H and O–H groups in total. The molecule has 106 valence electrons. The molecule has 3 heteroatoms. The molecule has 1 rings (SSSR count). The van der Waals surface area contributed by atoms with Crippen molar-refractivity contribution in [3.8, 4) is 0 Å². The van der Waals surface area contributed by atoms with Crippen LogP contribution in [0.4, 0.5) is 0 Å². The van der Waals surface area contributed by atoms with Crippen molar-refractivity contribution in [2.24, 2.45) is 0 Å². The molecule has 0 spiro atoms. The lowest BCUT2D eigenvalue weighted by Gasteiger charge is -2.09. The van der Waals surface area contributed by atoms with E-state index in [0.29, 0.717) is 19.4 Å². The molecular formula is C16H25NO2. The second kappa shape index (κ2) is 8.70. The lowest BCUT2D eigenvalue weighted by atomic mass is 10.0. The van der Waals surface area contributed by atoms with E-state index in [0.717, 1.165) is 12.0 Å². The van der Waals surface area contributed by atoms with Gasteiger partial charge in [-0.25, -0.2) is 0 Å². The maximum Gasteiger partial charge on any atom is 0.224 e. The number of benzene rings is 1. The molecule has 1 unspecified atom stereocenters. The summed E-state index contributed by atoms with van der Waals surface area (Å²) < 4.78 is 0. The summed E-state index contributed by atoms with van der Waals surface area (Å²) in [5.74, 6) is -0.0335. The molecule has 1 atom stereocenters. The number of carbonyl (C=O) groups is 1. The Morgan fingerprint density at radius 3 is 2.42 bits per heavy atom. The first-order valence-corrected chi connectivity index (χ1v) is 7.18. The highest BCUT2D eigenvalue weighted by Crippen LogP contribution is 2.08. The summed E-state index contributed by atoms with van der Waals surface area (Å²) >= 11 is 0. The Morgan fingerprint density at radius 2 is 1.84 bits per heavy atom. The van der Waals surface area contributed by atoms with E-state index in [1.54, 1.807) is 0 Å². The zero-order valence-electron chi connectivity index (χ0n) is 12.0. The number of rotatable bonds is 8. The Labute approximate surface area is 116 Å². The average molecular weight is 263 g/mol. The molecule has 0 radical (unpaired) electrons. The van der Waals surface area contributed by atoms with E-state index in [1.807, 2.05) is 19.1 Å². The molecule has 0 aliphatic carbocycles. The normalized spacial score (nSPS) is 12.2. The third kappa shape index (κ3) is 6.39. The first kappa shape index (κ1) is 15.7. The molecule has 1 aromatic carbocycles. The van der Waals surface area contributed by atoms with Gasteiger partial charge in [0.1, 0.15) is 0 Å². The van der Waals surface area contributed by atoms with Crippen molar-refractivity contribution in [1.82, 2.24) is 5.32 Å². The molecule has 0 saturated carbocycles. The van der Waals surface area contributed by atoms with Crippen LogP contribution in [-0.2, 0) is 17.6 Å². The lowest BCUT2D eigenvalue weighted by molar-refractivity contribution is -0.120. The van der Waals surface area contributed by atoms with Crippen LogP contribution in [-0.4, -0.2) is 23.7 Å². The number of unbranched alkanes of at least 4 members (excludes halogenated alkanes) is 1. The largest absolute Gasteiger partial charge is 0.391 e. The van der Waals surface area contributed by atoms with E-state index in [-0.39, 0.29) is 5.91 Å². The van der Waals surface area contributed by atoms with Gasteiger partial charge in [0.2, 0.25) is 5.91 Å². The molecule has 0 fully saturated rings. The van der Waals surface area contributed by atoms with Crippen LogP contribution in [0, 0.1) is 0 Å². The Hall–Kier alpha value is -1.35. The topological polar surface area (TPSA) is 49.3 Å². The van der Waals surface area contributed by atoms with Crippen LogP contribution in [0.2, 0.25) is 0 Å². The van der Waals surface area contributed by atoms with Crippen molar-refractivity contribution in [3.05, 3.63) is 35.4 Å². The molecule has 1 amide bonds. The zero-order valence-corrected chi connectivity index (χ0v) is 12.0. The van der Waals surface area contributed by atoms with E-state index in [9.17, 15) is 9.90 Å². The smallest absolute Gasteiger partial charge is 0.224 e. The molecule has 0 saturated heterocycles. The van der Waals surface area contributed by atoms with Gasteiger partial charge in [-0.2, -0.15) is 0 Å². The first-order chi connectivity index (χ1) is 9.15. The monoisotopic (exact) mass is 263 g/mol. The van der Waals surface area contributed by atoms with Gasteiger partial charge in [-0.3, -0.25) is 4.79 Å². The van der Waals surface area contributed by atoms with Gasteiger partial charge >= 0.3 is 0 Å². The number of aliphatic hydroxyl groups excluding tert-OH is 1. The number of aryl methyl sites for hydroxylation is 1. The Kier molecular flexibility index (Phi) is 7.19. The minimum atomic E-state index is -0.444. The van der Waals surface area contributed by atoms with Crippen LogP contribution in [0.15, 0.2) is 24.3 Å². The quantitative estimate of drug-likeness (QED) is 0.757. The number of hydrogen-bond acceptors (Lipinski definition) is 2. The highest BCUT2D eigenvalue weighted by Gasteiger charge is 2.06. The second-order valence-corrected chi connectivity index (χ2v) is 4.96. The minimum absolute atomic E-state index is 0.0335. The number of hydrogen-bond donors (Lipinski definition) is 2. The Morgan fingerprint density at radius 1 is 1.21 bits per heavy atom. The standard InChI is InChI=1S/C16H25NO2/c1-3-5-6-13-7-9-14(10-8-13)11-16(19)17-12-15(18)4-2/h7-10,15,18H,3-6,11-12H2,1-2H3,(H,17,19). The molecule has 1 aromatic rings. The predicted molar refractivity (Wildman–Crippen MR) is 78.1 cm³/mol. The van der Waals surface area contributed by atoms with Crippen molar-refractivity contribution in [2.45, 2.75) is 52.1 Å². The minimum Gasteiger partial charge on any atom is -0.391 e. The molecule has 0 aromatic heterocycles. The summed E-state index contributed by atoms with van der Waals surface area (Å²) in [4.78, 5) is 11.7. The number of amides is 1. The fourth-order valence-electron chi connectivity index (χ4n) is 1.83. The van der Waals surface area contributed by atoms with Crippen LogP contribution >= 0.6 is 0 Å². The molecule has 0 aliphatic rings. The second-order valence-electron chi connectivity index (χ2n) is 4.96. The van der Waals surface area contributed by atoms with Crippen molar-refractivity contribution in [3.63, 3.8) is 0 Å². The van der Waals surface area contributed by atoms with Crippen LogP contribution in [0.3, 0.4) is 0 Å². The van der Waals surface area contributed by atoms with E-state index in [2.05, 4.69) is 24.4 Å². The van der Waals surface area contributed by atoms with Crippen LogP contribution < -0.4 is 5.32 Å². The number of nitrogens with one attached hydrogen (secondary N) is 1. The third-order valence-electron chi connectivity index (χ3n) is 3.21. The van der Waals surface area contributed by atoms with Gasteiger partial charge in [-0.15, -0.1) is 0 Å². The first-order valence-electron chi connectivity index (χ1n) is 7.18. The molecule has 19 heavy (non-hydrogen) atoms. The summed E-state index contributed by atoms with van der Waals surface area (Å²) in [6.45, 7) is 4.42. The van der Waals surface area contributed by atoms with E-state index in [4.69, 9.17) is 0 Å². The fraction of sp³-hybridized carbons (Fsp3) is 0.562. The summed E-state index contributed by atoms with van der Waals surface area (Å²) in [6, 6.07) is 8.22. The SMILES string of the molecule is CCCCc1ccc(CC(=O)NCC(O)CC)cc1. The van der Waals surface area contributed by atoms with Gasteiger partial charge < -0.3 is 10.4 Å². The molecule has 0 aliphatic heterocycles. The fourth-order valence-corrected chi connectivity index (χ4v) is 1.83. The van der Waals surface area contributed by atoms with Crippen molar-refractivity contribution >= 4 is 5.91 Å². The molecule has 0 bridgehead atoms.